The second-order valence-corrected chi connectivity index (χ2v) is 13.2. The summed E-state index contributed by atoms with van der Waals surface area (Å²) < 4.78 is 15.5. The van der Waals surface area contributed by atoms with E-state index in [0.717, 1.165) is 27.8 Å². The lowest BCUT2D eigenvalue weighted by Crippen LogP contribution is -2.20. The monoisotopic (exact) mass is 492 g/mol. The average molecular weight is 493 g/mol. The predicted molar refractivity (Wildman–Crippen MR) is 162 cm³/mol. The molecule has 0 aliphatic carbocycles. The Balaban J connectivity index is 1.51. The summed E-state index contributed by atoms with van der Waals surface area (Å²) in [6.07, 6.45) is 1.52. The fraction of sp³-hybridized carbons (Fsp3) is 0.0857. The molecule has 176 valence electrons. The van der Waals surface area contributed by atoms with Crippen molar-refractivity contribution in [2.45, 2.75) is 13.3 Å². The van der Waals surface area contributed by atoms with Gasteiger partial charge in [-0.15, -0.1) is 0 Å². The summed E-state index contributed by atoms with van der Waals surface area (Å²) in [5, 5.41) is 16.6. The van der Waals surface area contributed by atoms with Gasteiger partial charge in [0.1, 0.15) is 7.14 Å². The zero-order valence-corrected chi connectivity index (χ0v) is 21.6. The van der Waals surface area contributed by atoms with Crippen molar-refractivity contribution in [1.82, 2.24) is 0 Å². The quantitative estimate of drug-likeness (QED) is 0.177. The summed E-state index contributed by atoms with van der Waals surface area (Å²) in [7, 11) is -2.94. The molecule has 1 nitrogen and oxygen atoms in total. The summed E-state index contributed by atoms with van der Waals surface area (Å²) in [6.45, 7) is 2.15. The van der Waals surface area contributed by atoms with Gasteiger partial charge in [0.25, 0.3) is 0 Å². The third kappa shape index (κ3) is 2.78. The Kier molecular flexibility index (Phi) is 4.32. The molecule has 8 rings (SSSR count). The topological polar surface area (TPSA) is 17.1 Å². The lowest BCUT2D eigenvalue weighted by Gasteiger charge is -2.24. The van der Waals surface area contributed by atoms with Crippen LogP contribution in [0.5, 0.6) is 0 Å². The summed E-state index contributed by atoms with van der Waals surface area (Å²) in [5.41, 5.74) is 0. The van der Waals surface area contributed by atoms with E-state index >= 15 is 4.57 Å². The van der Waals surface area contributed by atoms with Crippen LogP contribution in [0.1, 0.15) is 13.3 Å². The first-order chi connectivity index (χ1) is 18.2. The van der Waals surface area contributed by atoms with Crippen LogP contribution in [0.4, 0.5) is 0 Å². The minimum absolute atomic E-state index is 0.654. The molecule has 0 radical (unpaired) electrons. The molecule has 0 fully saturated rings. The van der Waals surface area contributed by atoms with Gasteiger partial charge in [-0.3, -0.25) is 0 Å². The molecular formula is C35H25OP. The first-order valence-electron chi connectivity index (χ1n) is 13.1. The van der Waals surface area contributed by atoms with Crippen molar-refractivity contribution in [3.8, 4) is 0 Å². The zero-order valence-electron chi connectivity index (χ0n) is 20.7. The van der Waals surface area contributed by atoms with Gasteiger partial charge in [-0.25, -0.2) is 0 Å². The van der Waals surface area contributed by atoms with Crippen LogP contribution >= 0.6 is 7.14 Å². The molecular weight excluding hydrogens is 467 g/mol. The lowest BCUT2D eigenvalue weighted by atomic mass is 9.94. The van der Waals surface area contributed by atoms with Crippen LogP contribution in [-0.4, -0.2) is 6.16 Å². The largest absolute Gasteiger partial charge is 0.314 e. The molecule has 0 aliphatic rings. The highest BCUT2D eigenvalue weighted by molar-refractivity contribution is 7.79. The first kappa shape index (κ1) is 21.2. The van der Waals surface area contributed by atoms with Gasteiger partial charge >= 0.3 is 0 Å². The van der Waals surface area contributed by atoms with Gasteiger partial charge in [-0.05, 0) is 83.2 Å². The van der Waals surface area contributed by atoms with E-state index in [1.54, 1.807) is 0 Å². The molecule has 8 aromatic carbocycles. The van der Waals surface area contributed by atoms with E-state index in [-0.39, 0.29) is 0 Å². The van der Waals surface area contributed by atoms with E-state index < -0.39 is 7.14 Å². The van der Waals surface area contributed by atoms with Gasteiger partial charge in [-0.2, -0.15) is 0 Å². The molecule has 0 bridgehead atoms. The van der Waals surface area contributed by atoms with Gasteiger partial charge in [0.05, 0.1) is 0 Å². The number of benzene rings is 8. The van der Waals surface area contributed by atoms with Crippen LogP contribution in [0.2, 0.25) is 0 Å². The van der Waals surface area contributed by atoms with Crippen LogP contribution in [-0.2, 0) is 4.57 Å². The van der Waals surface area contributed by atoms with Gasteiger partial charge in [-0.1, -0.05) is 104 Å². The molecule has 0 amide bonds. The molecule has 37 heavy (non-hydrogen) atoms. The third-order valence-electron chi connectivity index (χ3n) is 8.33. The number of hydrogen-bond donors (Lipinski definition) is 0. The van der Waals surface area contributed by atoms with E-state index in [1.807, 2.05) is 0 Å². The van der Waals surface area contributed by atoms with Crippen LogP contribution in [0, 0.1) is 0 Å². The third-order valence-corrected chi connectivity index (χ3v) is 11.7. The minimum Gasteiger partial charge on any atom is -0.314 e. The molecule has 2 heteroatoms. The van der Waals surface area contributed by atoms with Crippen LogP contribution in [0.3, 0.4) is 0 Å². The number of rotatable bonds is 4. The minimum atomic E-state index is -2.94. The summed E-state index contributed by atoms with van der Waals surface area (Å²) in [4.78, 5) is 0. The fourth-order valence-corrected chi connectivity index (χ4v) is 9.91. The van der Waals surface area contributed by atoms with E-state index in [9.17, 15) is 0 Å². The van der Waals surface area contributed by atoms with Gasteiger partial charge in [0, 0.05) is 16.8 Å². The molecule has 8 aromatic rings. The van der Waals surface area contributed by atoms with Crippen molar-refractivity contribution < 1.29 is 4.57 Å². The standard InChI is InChI=1S/C35H25OP/c1-2-21-37(36,30-19-15-26-11-9-22-5-3-7-24-13-17-28(30)34(26)32(22)24)31-20-16-27-12-10-23-6-4-8-25-14-18-29(31)35(27)33(23)25/h3-20H,2,21H2,1H3. The molecule has 0 spiro atoms. The highest BCUT2D eigenvalue weighted by Crippen LogP contribution is 2.50. The maximum Gasteiger partial charge on any atom is 0.144 e. The van der Waals surface area contributed by atoms with Gasteiger partial charge in [0.2, 0.25) is 0 Å². The van der Waals surface area contributed by atoms with Crippen molar-refractivity contribution in [1.29, 1.82) is 0 Å². The van der Waals surface area contributed by atoms with Crippen molar-refractivity contribution in [3.63, 3.8) is 0 Å². The summed E-state index contributed by atoms with van der Waals surface area (Å²) in [6, 6.07) is 39.3. The second kappa shape index (κ2) is 7.54. The first-order valence-corrected chi connectivity index (χ1v) is 15.0. The Bertz CT molecular complexity index is 2010. The summed E-state index contributed by atoms with van der Waals surface area (Å²) >= 11 is 0. The second-order valence-electron chi connectivity index (χ2n) is 10.3. The van der Waals surface area contributed by atoms with Gasteiger partial charge < -0.3 is 4.57 Å². The maximum absolute atomic E-state index is 15.5. The zero-order chi connectivity index (χ0) is 24.7. The van der Waals surface area contributed by atoms with Crippen molar-refractivity contribution in [3.05, 3.63) is 109 Å². The predicted octanol–water partition coefficient (Wildman–Crippen LogP) is 9.21. The molecule has 0 saturated heterocycles. The van der Waals surface area contributed by atoms with Crippen molar-refractivity contribution >= 4 is 82.4 Å². The van der Waals surface area contributed by atoms with Crippen LogP contribution < -0.4 is 10.6 Å². The van der Waals surface area contributed by atoms with E-state index in [0.29, 0.717) is 6.16 Å². The molecule has 0 aromatic heterocycles. The lowest BCUT2D eigenvalue weighted by molar-refractivity contribution is 0.586. The Morgan fingerprint density at radius 1 is 0.459 bits per heavy atom. The number of hydrogen-bond acceptors (Lipinski definition) is 1. The highest BCUT2D eigenvalue weighted by Gasteiger charge is 2.31. The van der Waals surface area contributed by atoms with Crippen molar-refractivity contribution in [2.24, 2.45) is 0 Å². The van der Waals surface area contributed by atoms with Crippen LogP contribution in [0.25, 0.3) is 64.6 Å². The Labute approximate surface area is 215 Å². The molecule has 0 unspecified atom stereocenters. The van der Waals surface area contributed by atoms with E-state index in [2.05, 4.69) is 116 Å². The molecule has 0 atom stereocenters. The van der Waals surface area contributed by atoms with Crippen LogP contribution in [0.15, 0.2) is 109 Å². The molecule has 0 aliphatic heterocycles. The normalized spacial score (nSPS) is 12.8. The van der Waals surface area contributed by atoms with E-state index in [4.69, 9.17) is 0 Å². The molecule has 0 N–H and O–H groups in total. The maximum atomic E-state index is 15.5. The Morgan fingerprint density at radius 2 is 0.811 bits per heavy atom. The van der Waals surface area contributed by atoms with Gasteiger partial charge in [0.15, 0.2) is 0 Å². The molecule has 0 saturated carbocycles. The van der Waals surface area contributed by atoms with E-state index in [1.165, 1.54) is 53.9 Å². The SMILES string of the molecule is CCCP(=O)(c1ccc2ccc3cccc4ccc1c2c34)c1ccc2ccc3cccc4ccc1c2c34. The Hall–Kier alpha value is -3.93. The fourth-order valence-electron chi connectivity index (χ4n) is 6.76. The van der Waals surface area contributed by atoms with Crippen molar-refractivity contribution in [2.75, 3.05) is 6.16 Å². The molecule has 0 heterocycles. The Morgan fingerprint density at radius 3 is 1.22 bits per heavy atom. The highest BCUT2D eigenvalue weighted by atomic mass is 31.2. The smallest absolute Gasteiger partial charge is 0.144 e. The summed E-state index contributed by atoms with van der Waals surface area (Å²) in [5.74, 6) is 0. The average Bonchev–Trinajstić information content (AvgIpc) is 2.94.